The molecule has 1 aromatic rings. The highest BCUT2D eigenvalue weighted by Crippen LogP contribution is 2.14. The summed E-state index contributed by atoms with van der Waals surface area (Å²) < 4.78 is 0. The highest BCUT2D eigenvalue weighted by atomic mass is 32.2. The Morgan fingerprint density at radius 1 is 1.53 bits per heavy atom. The highest BCUT2D eigenvalue weighted by Gasteiger charge is 2.14. The van der Waals surface area contributed by atoms with Crippen LogP contribution in [-0.4, -0.2) is 42.1 Å². The van der Waals surface area contributed by atoms with Gasteiger partial charge in [0.05, 0.1) is 0 Å². The average Bonchev–Trinajstić information content (AvgIpc) is 2.88. The maximum atomic E-state index is 3.61. The Hall–Kier alpha value is -0.0300. The van der Waals surface area contributed by atoms with E-state index in [2.05, 4.69) is 46.4 Å². The number of thiophene rings is 1. The topological polar surface area (TPSA) is 15.3 Å². The summed E-state index contributed by atoms with van der Waals surface area (Å²) in [5, 5.41) is 5.78. The third-order valence-electron chi connectivity index (χ3n) is 3.20. The zero-order chi connectivity index (χ0) is 11.9. The lowest BCUT2D eigenvalue weighted by Crippen LogP contribution is -2.40. The molecule has 0 aliphatic carbocycles. The number of rotatable bonds is 6. The number of nitrogens with zero attached hydrogens (tertiary/aromatic N) is 1. The fourth-order valence-electron chi connectivity index (χ4n) is 2.12. The average molecular weight is 270 g/mol. The quantitative estimate of drug-likeness (QED) is 0.855. The molecule has 2 rings (SSSR count). The summed E-state index contributed by atoms with van der Waals surface area (Å²) in [6.07, 6.45) is 1.28. The smallest absolute Gasteiger partial charge is 0.0327 e. The van der Waals surface area contributed by atoms with Crippen LogP contribution in [-0.2, 0) is 6.54 Å². The minimum Gasteiger partial charge on any atom is -0.312 e. The minimum atomic E-state index is 0.728. The van der Waals surface area contributed by atoms with Crippen molar-refractivity contribution in [3.63, 3.8) is 0 Å². The number of thioether (sulfide) groups is 1. The van der Waals surface area contributed by atoms with Crippen molar-refractivity contribution in [2.45, 2.75) is 25.9 Å². The van der Waals surface area contributed by atoms with Gasteiger partial charge in [-0.15, -0.1) is 11.3 Å². The number of hydrogen-bond donors (Lipinski definition) is 1. The van der Waals surface area contributed by atoms with Crippen molar-refractivity contribution >= 4 is 23.1 Å². The van der Waals surface area contributed by atoms with Crippen LogP contribution >= 0.6 is 23.1 Å². The van der Waals surface area contributed by atoms with E-state index in [-0.39, 0.29) is 0 Å². The molecule has 1 fully saturated rings. The van der Waals surface area contributed by atoms with Crippen LogP contribution < -0.4 is 5.32 Å². The summed E-state index contributed by atoms with van der Waals surface area (Å²) in [4.78, 5) is 4.03. The van der Waals surface area contributed by atoms with E-state index in [0.29, 0.717) is 0 Å². The second-order valence-corrected chi connectivity index (χ2v) is 6.64. The molecule has 1 saturated heterocycles. The van der Waals surface area contributed by atoms with Gasteiger partial charge < -0.3 is 5.32 Å². The third-order valence-corrected chi connectivity index (χ3v) is 5.19. The van der Waals surface area contributed by atoms with Gasteiger partial charge in [0.25, 0.3) is 0 Å². The molecule has 0 radical (unpaired) electrons. The van der Waals surface area contributed by atoms with Crippen LogP contribution in [0.15, 0.2) is 17.5 Å². The Labute approximate surface area is 113 Å². The van der Waals surface area contributed by atoms with Gasteiger partial charge in [-0.3, -0.25) is 4.90 Å². The lowest BCUT2D eigenvalue weighted by molar-refractivity contribution is 0.266. The van der Waals surface area contributed by atoms with Crippen LogP contribution in [0.1, 0.15) is 18.2 Å². The van der Waals surface area contributed by atoms with E-state index in [1.54, 1.807) is 0 Å². The molecule has 4 heteroatoms. The monoisotopic (exact) mass is 270 g/mol. The van der Waals surface area contributed by atoms with Crippen LogP contribution in [0.25, 0.3) is 0 Å². The Morgan fingerprint density at radius 3 is 3.12 bits per heavy atom. The predicted octanol–water partition coefficient (Wildman–Crippen LogP) is 2.67. The maximum Gasteiger partial charge on any atom is 0.0327 e. The minimum absolute atomic E-state index is 0.728. The number of nitrogens with one attached hydrogen (secondary N) is 1. The van der Waals surface area contributed by atoms with E-state index in [0.717, 1.165) is 19.1 Å². The van der Waals surface area contributed by atoms with Crippen molar-refractivity contribution in [1.82, 2.24) is 10.2 Å². The molecule has 2 nitrogen and oxygen atoms in total. The van der Waals surface area contributed by atoms with E-state index in [9.17, 15) is 0 Å². The third kappa shape index (κ3) is 4.62. The summed E-state index contributed by atoms with van der Waals surface area (Å²) in [5.74, 6) is 2.57. The second kappa shape index (κ2) is 7.41. The fourth-order valence-corrected chi connectivity index (χ4v) is 3.86. The SMILES string of the molecule is CCN(CCC1CSCCN1)Cc1cccs1. The van der Waals surface area contributed by atoms with Crippen LogP contribution in [0, 0.1) is 0 Å². The molecule has 1 aliphatic rings. The lowest BCUT2D eigenvalue weighted by atomic mass is 10.2. The lowest BCUT2D eigenvalue weighted by Gasteiger charge is -2.26. The molecule has 96 valence electrons. The van der Waals surface area contributed by atoms with Crippen molar-refractivity contribution in [1.29, 1.82) is 0 Å². The van der Waals surface area contributed by atoms with Crippen LogP contribution in [0.4, 0.5) is 0 Å². The molecule has 1 aromatic heterocycles. The Balaban J connectivity index is 1.71. The van der Waals surface area contributed by atoms with Gasteiger partial charge in [-0.1, -0.05) is 13.0 Å². The fraction of sp³-hybridized carbons (Fsp3) is 0.692. The van der Waals surface area contributed by atoms with Crippen LogP contribution in [0.2, 0.25) is 0 Å². The molecule has 0 saturated carbocycles. The molecule has 0 amide bonds. The summed E-state index contributed by atoms with van der Waals surface area (Å²) in [6.45, 7) is 6.93. The normalized spacial score (nSPS) is 20.9. The van der Waals surface area contributed by atoms with Crippen LogP contribution in [0.3, 0.4) is 0 Å². The van der Waals surface area contributed by atoms with Gasteiger partial charge in [-0.25, -0.2) is 0 Å². The van der Waals surface area contributed by atoms with Gasteiger partial charge in [-0.05, 0) is 24.4 Å². The van der Waals surface area contributed by atoms with E-state index in [1.165, 1.54) is 35.9 Å². The van der Waals surface area contributed by atoms with E-state index >= 15 is 0 Å². The van der Waals surface area contributed by atoms with Crippen molar-refractivity contribution in [3.8, 4) is 0 Å². The molecule has 0 bridgehead atoms. The first-order valence-corrected chi connectivity index (χ1v) is 8.47. The van der Waals surface area contributed by atoms with Gasteiger partial charge in [-0.2, -0.15) is 11.8 Å². The zero-order valence-electron chi connectivity index (χ0n) is 10.5. The molecule has 1 atom stereocenters. The second-order valence-electron chi connectivity index (χ2n) is 4.46. The van der Waals surface area contributed by atoms with E-state index < -0.39 is 0 Å². The van der Waals surface area contributed by atoms with Gasteiger partial charge in [0.1, 0.15) is 0 Å². The van der Waals surface area contributed by atoms with E-state index in [4.69, 9.17) is 0 Å². The van der Waals surface area contributed by atoms with Crippen molar-refractivity contribution in [2.75, 3.05) is 31.1 Å². The molecule has 2 heterocycles. The number of hydrogen-bond acceptors (Lipinski definition) is 4. The van der Waals surface area contributed by atoms with Crippen molar-refractivity contribution < 1.29 is 0 Å². The summed E-state index contributed by atoms with van der Waals surface area (Å²) >= 11 is 3.96. The van der Waals surface area contributed by atoms with Crippen molar-refractivity contribution in [3.05, 3.63) is 22.4 Å². The summed E-state index contributed by atoms with van der Waals surface area (Å²) in [6, 6.07) is 5.11. The maximum absolute atomic E-state index is 3.61. The molecule has 1 aliphatic heterocycles. The summed E-state index contributed by atoms with van der Waals surface area (Å²) in [5.41, 5.74) is 0. The van der Waals surface area contributed by atoms with Gasteiger partial charge in [0, 0.05) is 42.1 Å². The zero-order valence-corrected chi connectivity index (χ0v) is 12.2. The first kappa shape index (κ1) is 13.4. The summed E-state index contributed by atoms with van der Waals surface area (Å²) in [7, 11) is 0. The Kier molecular flexibility index (Phi) is 5.85. The molecular weight excluding hydrogens is 248 g/mol. The van der Waals surface area contributed by atoms with Gasteiger partial charge >= 0.3 is 0 Å². The molecule has 17 heavy (non-hydrogen) atoms. The first-order valence-electron chi connectivity index (χ1n) is 6.44. The Bertz CT molecular complexity index is 294. The first-order chi connectivity index (χ1) is 8.38. The molecule has 0 spiro atoms. The molecule has 1 unspecified atom stereocenters. The van der Waals surface area contributed by atoms with E-state index in [1.807, 2.05) is 11.3 Å². The molecule has 0 aromatic carbocycles. The highest BCUT2D eigenvalue weighted by molar-refractivity contribution is 7.99. The standard InChI is InChI=1S/C13H22N2S2/c1-2-15(10-13-4-3-8-17-13)7-5-12-11-16-9-6-14-12/h3-4,8,12,14H,2,5-7,9-11H2,1H3. The predicted molar refractivity (Wildman–Crippen MR) is 79.0 cm³/mol. The van der Waals surface area contributed by atoms with Gasteiger partial charge in [0.2, 0.25) is 0 Å². The van der Waals surface area contributed by atoms with Gasteiger partial charge in [0.15, 0.2) is 0 Å². The van der Waals surface area contributed by atoms with Crippen molar-refractivity contribution in [2.24, 2.45) is 0 Å². The molecule has 1 N–H and O–H groups in total. The Morgan fingerprint density at radius 2 is 2.47 bits per heavy atom. The molecular formula is C13H22N2S2. The van der Waals surface area contributed by atoms with Crippen LogP contribution in [0.5, 0.6) is 0 Å². The largest absolute Gasteiger partial charge is 0.312 e.